The molecular weight excluding hydrogens is 454 g/mol. The van der Waals surface area contributed by atoms with E-state index in [0.717, 1.165) is 17.7 Å². The second-order valence-corrected chi connectivity index (χ2v) is 10.2. The minimum Gasteiger partial charge on any atom is -0.493 e. The van der Waals surface area contributed by atoms with Gasteiger partial charge in [-0.3, -0.25) is 19.3 Å². The van der Waals surface area contributed by atoms with E-state index >= 15 is 0 Å². The average molecular weight is 490 g/mol. The molecule has 1 aliphatic heterocycles. The molecule has 4 amide bonds. The van der Waals surface area contributed by atoms with E-state index in [1.54, 1.807) is 18.2 Å². The molecule has 1 atom stereocenters. The fourth-order valence-corrected chi connectivity index (χ4v) is 4.71. The summed E-state index contributed by atoms with van der Waals surface area (Å²) in [5.41, 5.74) is -0.405. The summed E-state index contributed by atoms with van der Waals surface area (Å²) in [7, 11) is 2.98. The minimum atomic E-state index is -1.15. The summed E-state index contributed by atoms with van der Waals surface area (Å²) in [6.45, 7) is 7.39. The van der Waals surface area contributed by atoms with Crippen molar-refractivity contribution in [3.8, 4) is 11.5 Å². The first-order valence-corrected chi connectivity index (χ1v) is 11.8. The number of carbonyl (C=O) groups is 4. The fourth-order valence-electron chi connectivity index (χ4n) is 4.71. The van der Waals surface area contributed by atoms with Crippen molar-refractivity contribution in [1.82, 2.24) is 10.2 Å². The number of urea groups is 1. The average Bonchev–Trinajstić information content (AvgIpc) is 3.02. The lowest BCUT2D eigenvalue weighted by atomic mass is 9.67. The van der Waals surface area contributed by atoms with Crippen LogP contribution < -0.4 is 20.1 Å². The fraction of sp³-hybridized carbons (Fsp3) is 0.600. The molecule has 0 radical (unpaired) electrons. The van der Waals surface area contributed by atoms with E-state index in [1.165, 1.54) is 21.1 Å². The van der Waals surface area contributed by atoms with Gasteiger partial charge in [0.1, 0.15) is 12.1 Å². The van der Waals surface area contributed by atoms with Crippen LogP contribution in [0.1, 0.15) is 53.4 Å². The standard InChI is InChI=1S/C25H35N3O7/c1-15(21(30)26-17-7-8-18(33-5)19(13-17)34-6)35-20(29)14-28-22(31)25(27-23(28)32)11-9-16(10-12-25)24(2,3)4/h7-8,13,15-16H,9-12,14H2,1-6H3,(H,26,30)(H,27,32). The van der Waals surface area contributed by atoms with Crippen LogP contribution in [0.15, 0.2) is 18.2 Å². The van der Waals surface area contributed by atoms with Crippen LogP contribution in [0.2, 0.25) is 0 Å². The topological polar surface area (TPSA) is 123 Å². The number of rotatable bonds is 7. The van der Waals surface area contributed by atoms with Crippen molar-refractivity contribution >= 4 is 29.5 Å². The molecular formula is C25H35N3O7. The molecule has 1 aromatic rings. The number of methoxy groups -OCH3 is 2. The minimum absolute atomic E-state index is 0.129. The molecule has 1 aromatic carbocycles. The lowest BCUT2D eigenvalue weighted by Crippen LogP contribution is -2.50. The maximum atomic E-state index is 13.1. The number of esters is 1. The molecule has 2 aliphatic rings. The smallest absolute Gasteiger partial charge is 0.327 e. The second-order valence-electron chi connectivity index (χ2n) is 10.2. The summed E-state index contributed by atoms with van der Waals surface area (Å²) in [6, 6.07) is 4.22. The number of hydrogen-bond acceptors (Lipinski definition) is 7. The second kappa shape index (κ2) is 10.1. The first kappa shape index (κ1) is 26.3. The molecule has 3 rings (SSSR count). The SMILES string of the molecule is COc1ccc(NC(=O)C(C)OC(=O)CN2C(=O)NC3(CCC(C(C)(C)C)CC3)C2=O)cc1OC. The van der Waals surface area contributed by atoms with Gasteiger partial charge >= 0.3 is 12.0 Å². The molecule has 1 saturated carbocycles. The molecule has 192 valence electrons. The molecule has 1 unspecified atom stereocenters. The van der Waals surface area contributed by atoms with Gasteiger partial charge in [0.15, 0.2) is 17.6 Å². The van der Waals surface area contributed by atoms with Crippen LogP contribution in [0.3, 0.4) is 0 Å². The first-order chi connectivity index (χ1) is 16.4. The van der Waals surface area contributed by atoms with Gasteiger partial charge < -0.3 is 24.8 Å². The van der Waals surface area contributed by atoms with Gasteiger partial charge in [0.05, 0.1) is 14.2 Å². The summed E-state index contributed by atoms with van der Waals surface area (Å²) in [4.78, 5) is 51.5. The van der Waals surface area contributed by atoms with E-state index in [9.17, 15) is 19.2 Å². The number of anilines is 1. The van der Waals surface area contributed by atoms with E-state index in [2.05, 4.69) is 31.4 Å². The Labute approximate surface area is 205 Å². The number of nitrogens with one attached hydrogen (secondary N) is 2. The van der Waals surface area contributed by atoms with Crippen molar-refractivity contribution in [3.05, 3.63) is 18.2 Å². The van der Waals surface area contributed by atoms with Crippen molar-refractivity contribution in [1.29, 1.82) is 0 Å². The predicted octanol–water partition coefficient (Wildman–Crippen LogP) is 3.10. The number of benzene rings is 1. The van der Waals surface area contributed by atoms with Crippen LogP contribution in [0.25, 0.3) is 0 Å². The molecule has 1 spiro atoms. The Morgan fingerprint density at radius 2 is 1.77 bits per heavy atom. The lowest BCUT2D eigenvalue weighted by molar-refractivity contribution is -0.155. The quantitative estimate of drug-likeness (QED) is 0.446. The van der Waals surface area contributed by atoms with Crippen LogP contribution in [-0.4, -0.2) is 61.1 Å². The number of carbonyl (C=O) groups excluding carboxylic acids is 4. The summed E-state index contributed by atoms with van der Waals surface area (Å²) < 4.78 is 15.6. The van der Waals surface area contributed by atoms with Gasteiger partial charge in [-0.2, -0.15) is 0 Å². The molecule has 0 aromatic heterocycles. The Morgan fingerprint density at radius 1 is 1.14 bits per heavy atom. The van der Waals surface area contributed by atoms with Crippen molar-refractivity contribution < 1.29 is 33.4 Å². The van der Waals surface area contributed by atoms with Gasteiger partial charge in [0, 0.05) is 11.8 Å². The zero-order chi connectivity index (χ0) is 26.0. The number of nitrogens with zero attached hydrogens (tertiary/aromatic N) is 1. The molecule has 1 saturated heterocycles. The number of ether oxygens (including phenoxy) is 3. The van der Waals surface area contributed by atoms with Gasteiger partial charge in [-0.05, 0) is 56.1 Å². The monoisotopic (exact) mass is 489 g/mol. The Balaban J connectivity index is 1.55. The highest BCUT2D eigenvalue weighted by Crippen LogP contribution is 2.43. The summed E-state index contributed by atoms with van der Waals surface area (Å²) in [5, 5.41) is 5.44. The molecule has 10 nitrogen and oxygen atoms in total. The predicted molar refractivity (Wildman–Crippen MR) is 128 cm³/mol. The van der Waals surface area contributed by atoms with E-state index in [0.29, 0.717) is 35.9 Å². The van der Waals surface area contributed by atoms with Gasteiger partial charge in [0.2, 0.25) is 0 Å². The Morgan fingerprint density at radius 3 is 2.34 bits per heavy atom. The number of hydrogen-bond donors (Lipinski definition) is 2. The normalized spacial score (nSPS) is 23.0. The van der Waals surface area contributed by atoms with Gasteiger partial charge in [0.25, 0.3) is 11.8 Å². The van der Waals surface area contributed by atoms with Crippen LogP contribution in [0, 0.1) is 11.3 Å². The Bertz CT molecular complexity index is 993. The third-order valence-electron chi connectivity index (χ3n) is 6.93. The van der Waals surface area contributed by atoms with Gasteiger partial charge in [-0.15, -0.1) is 0 Å². The zero-order valence-electron chi connectivity index (χ0n) is 21.2. The molecule has 10 heteroatoms. The zero-order valence-corrected chi connectivity index (χ0v) is 21.2. The van der Waals surface area contributed by atoms with E-state index < -0.39 is 42.0 Å². The van der Waals surface area contributed by atoms with E-state index in [4.69, 9.17) is 14.2 Å². The molecule has 1 heterocycles. The Hall–Kier alpha value is -3.30. The highest BCUT2D eigenvalue weighted by Gasteiger charge is 2.53. The third kappa shape index (κ3) is 5.68. The molecule has 35 heavy (non-hydrogen) atoms. The van der Waals surface area contributed by atoms with Crippen LogP contribution in [-0.2, 0) is 19.1 Å². The van der Waals surface area contributed by atoms with Crippen LogP contribution >= 0.6 is 0 Å². The molecule has 2 fully saturated rings. The number of amides is 4. The van der Waals surface area contributed by atoms with E-state index in [-0.39, 0.29) is 5.41 Å². The van der Waals surface area contributed by atoms with Crippen molar-refractivity contribution in [3.63, 3.8) is 0 Å². The van der Waals surface area contributed by atoms with Gasteiger partial charge in [-0.25, -0.2) is 4.79 Å². The lowest BCUT2D eigenvalue weighted by Gasteiger charge is -2.40. The van der Waals surface area contributed by atoms with Crippen molar-refractivity contribution in [2.45, 2.75) is 65.0 Å². The van der Waals surface area contributed by atoms with Crippen LogP contribution in [0.4, 0.5) is 10.5 Å². The molecule has 1 aliphatic carbocycles. The van der Waals surface area contributed by atoms with Crippen molar-refractivity contribution in [2.24, 2.45) is 11.3 Å². The van der Waals surface area contributed by atoms with E-state index in [1.807, 2.05) is 0 Å². The first-order valence-electron chi connectivity index (χ1n) is 11.8. The maximum Gasteiger partial charge on any atom is 0.327 e. The highest BCUT2D eigenvalue weighted by molar-refractivity contribution is 6.09. The number of imide groups is 1. The summed E-state index contributed by atoms with van der Waals surface area (Å²) in [5.74, 6) is -0.429. The molecule has 0 bridgehead atoms. The van der Waals surface area contributed by atoms with Crippen LogP contribution in [0.5, 0.6) is 11.5 Å². The van der Waals surface area contributed by atoms with Gasteiger partial charge in [-0.1, -0.05) is 20.8 Å². The molecule has 2 N–H and O–H groups in total. The maximum absolute atomic E-state index is 13.1. The van der Waals surface area contributed by atoms with Crippen molar-refractivity contribution in [2.75, 3.05) is 26.1 Å². The third-order valence-corrected chi connectivity index (χ3v) is 6.93. The largest absolute Gasteiger partial charge is 0.493 e. The highest BCUT2D eigenvalue weighted by atomic mass is 16.5. The summed E-state index contributed by atoms with van der Waals surface area (Å²) >= 11 is 0. The summed E-state index contributed by atoms with van der Waals surface area (Å²) in [6.07, 6.45) is 1.57. The Kier molecular flexibility index (Phi) is 7.62.